The zero-order valence-electron chi connectivity index (χ0n) is 14.0. The van der Waals surface area contributed by atoms with Crippen LogP contribution in [0.1, 0.15) is 12.0 Å². The Labute approximate surface area is 155 Å². The van der Waals surface area contributed by atoms with Crippen LogP contribution in [0.5, 0.6) is 0 Å². The summed E-state index contributed by atoms with van der Waals surface area (Å²) in [6.07, 6.45) is 2.49. The third-order valence-corrected chi connectivity index (χ3v) is 4.57. The van der Waals surface area contributed by atoms with Crippen molar-refractivity contribution in [2.45, 2.75) is 13.0 Å². The zero-order chi connectivity index (χ0) is 18.5. The number of aromatic nitrogens is 1. The third-order valence-electron chi connectivity index (χ3n) is 4.35. The fourth-order valence-electron chi connectivity index (χ4n) is 2.91. The van der Waals surface area contributed by atoms with E-state index in [-0.39, 0.29) is 11.9 Å². The molecule has 1 saturated heterocycles. The molecule has 1 unspecified atom stereocenters. The molecule has 0 saturated carbocycles. The van der Waals surface area contributed by atoms with Crippen molar-refractivity contribution in [1.29, 1.82) is 0 Å². The molecule has 1 aliphatic heterocycles. The Bertz CT molecular complexity index is 772. The minimum absolute atomic E-state index is 0.256. The Balaban J connectivity index is 1.41. The Hall–Kier alpha value is -2.41. The lowest BCUT2D eigenvalue weighted by atomic mass is 10.1. The number of nitrogens with one attached hydrogen (secondary N) is 2. The summed E-state index contributed by atoms with van der Waals surface area (Å²) in [6.45, 7) is 2.31. The molecule has 138 valence electrons. The van der Waals surface area contributed by atoms with E-state index in [2.05, 4.69) is 15.6 Å². The van der Waals surface area contributed by atoms with Gasteiger partial charge in [0.1, 0.15) is 5.15 Å². The Morgan fingerprint density at radius 2 is 2.08 bits per heavy atom. The zero-order valence-corrected chi connectivity index (χ0v) is 14.8. The lowest BCUT2D eigenvalue weighted by Crippen LogP contribution is -2.38. The Morgan fingerprint density at radius 1 is 1.23 bits per heavy atom. The van der Waals surface area contributed by atoms with Crippen LogP contribution in [0, 0.1) is 17.6 Å². The molecule has 3 rings (SSSR count). The lowest BCUT2D eigenvalue weighted by Gasteiger charge is -2.19. The molecule has 1 atom stereocenters. The predicted molar refractivity (Wildman–Crippen MR) is 96.2 cm³/mol. The molecule has 0 radical (unpaired) electrons. The molecule has 8 heteroatoms. The summed E-state index contributed by atoms with van der Waals surface area (Å²) < 4.78 is 26.4. The summed E-state index contributed by atoms with van der Waals surface area (Å²) in [6, 6.07) is 7.12. The maximum absolute atomic E-state index is 13.4. The number of halogens is 3. The first-order valence-electron chi connectivity index (χ1n) is 8.33. The Morgan fingerprint density at radius 3 is 2.81 bits per heavy atom. The minimum Gasteiger partial charge on any atom is -0.371 e. The number of pyridine rings is 1. The molecular formula is C18H19ClF2N4O. The second-order valence-corrected chi connectivity index (χ2v) is 6.64. The topological polar surface area (TPSA) is 57.3 Å². The fraction of sp³-hybridized carbons (Fsp3) is 0.333. The summed E-state index contributed by atoms with van der Waals surface area (Å²) in [5, 5.41) is 6.01. The number of hydrogen-bond donors (Lipinski definition) is 2. The molecule has 0 aliphatic carbocycles. The first-order chi connectivity index (χ1) is 12.5. The van der Waals surface area contributed by atoms with E-state index in [1.807, 2.05) is 4.90 Å². The summed E-state index contributed by atoms with van der Waals surface area (Å²) in [7, 11) is 0. The average molecular weight is 381 g/mol. The molecule has 2 heterocycles. The van der Waals surface area contributed by atoms with Gasteiger partial charge in [0.2, 0.25) is 0 Å². The van der Waals surface area contributed by atoms with Crippen molar-refractivity contribution in [3.63, 3.8) is 0 Å². The predicted octanol–water partition coefficient (Wildman–Crippen LogP) is 3.34. The van der Waals surface area contributed by atoms with Gasteiger partial charge in [0.25, 0.3) is 0 Å². The van der Waals surface area contributed by atoms with Crippen LogP contribution < -0.4 is 15.5 Å². The molecule has 0 bridgehead atoms. The van der Waals surface area contributed by atoms with E-state index in [1.54, 1.807) is 24.4 Å². The van der Waals surface area contributed by atoms with Crippen LogP contribution in [0.2, 0.25) is 5.15 Å². The average Bonchev–Trinajstić information content (AvgIpc) is 3.11. The number of amides is 2. The maximum Gasteiger partial charge on any atom is 0.315 e. The highest BCUT2D eigenvalue weighted by atomic mass is 35.5. The number of anilines is 1. The van der Waals surface area contributed by atoms with E-state index in [4.69, 9.17) is 11.6 Å². The van der Waals surface area contributed by atoms with Crippen molar-refractivity contribution in [1.82, 2.24) is 15.6 Å². The van der Waals surface area contributed by atoms with Crippen LogP contribution in [0.25, 0.3) is 0 Å². The molecule has 5 nitrogen and oxygen atoms in total. The number of carbonyl (C=O) groups is 1. The summed E-state index contributed by atoms with van der Waals surface area (Å²) in [5.41, 5.74) is 1.51. The molecule has 0 spiro atoms. The summed E-state index contributed by atoms with van der Waals surface area (Å²) >= 11 is 5.72. The quantitative estimate of drug-likeness (QED) is 0.782. The van der Waals surface area contributed by atoms with Crippen LogP contribution in [-0.4, -0.2) is 30.6 Å². The molecule has 2 aromatic rings. The molecule has 1 aromatic carbocycles. The van der Waals surface area contributed by atoms with Gasteiger partial charge >= 0.3 is 6.03 Å². The van der Waals surface area contributed by atoms with Gasteiger partial charge in [-0.3, -0.25) is 0 Å². The van der Waals surface area contributed by atoms with Gasteiger partial charge in [0.05, 0.1) is 0 Å². The van der Waals surface area contributed by atoms with Crippen LogP contribution in [0.4, 0.5) is 19.3 Å². The summed E-state index contributed by atoms with van der Waals surface area (Å²) in [5.74, 6) is -1.44. The van der Waals surface area contributed by atoms with E-state index in [9.17, 15) is 13.6 Å². The van der Waals surface area contributed by atoms with Gasteiger partial charge in [0, 0.05) is 44.1 Å². The Kier molecular flexibility index (Phi) is 5.88. The van der Waals surface area contributed by atoms with Crippen molar-refractivity contribution >= 4 is 23.3 Å². The van der Waals surface area contributed by atoms with E-state index in [0.717, 1.165) is 24.6 Å². The smallest absolute Gasteiger partial charge is 0.315 e. The van der Waals surface area contributed by atoms with Crippen molar-refractivity contribution in [2.24, 2.45) is 5.92 Å². The van der Waals surface area contributed by atoms with Crippen LogP contribution in [0.15, 0.2) is 36.5 Å². The molecule has 26 heavy (non-hydrogen) atoms. The highest BCUT2D eigenvalue weighted by Gasteiger charge is 2.23. The fourth-order valence-corrected chi connectivity index (χ4v) is 3.02. The molecule has 1 aliphatic rings. The van der Waals surface area contributed by atoms with Gasteiger partial charge in [-0.2, -0.15) is 0 Å². The molecule has 1 aromatic heterocycles. The van der Waals surface area contributed by atoms with Crippen molar-refractivity contribution in [3.8, 4) is 0 Å². The van der Waals surface area contributed by atoms with Gasteiger partial charge in [-0.25, -0.2) is 18.6 Å². The second kappa shape index (κ2) is 8.31. The van der Waals surface area contributed by atoms with Gasteiger partial charge in [-0.15, -0.1) is 0 Å². The number of urea groups is 1. The number of hydrogen-bond acceptors (Lipinski definition) is 3. The summed E-state index contributed by atoms with van der Waals surface area (Å²) in [4.78, 5) is 17.8. The van der Waals surface area contributed by atoms with E-state index in [1.165, 1.54) is 6.07 Å². The van der Waals surface area contributed by atoms with Crippen LogP contribution in [0.3, 0.4) is 0 Å². The molecule has 1 fully saturated rings. The van der Waals surface area contributed by atoms with Crippen molar-refractivity contribution in [3.05, 3.63) is 58.9 Å². The van der Waals surface area contributed by atoms with Crippen LogP contribution in [-0.2, 0) is 6.54 Å². The number of rotatable bonds is 5. The van der Waals surface area contributed by atoms with E-state index < -0.39 is 11.6 Å². The van der Waals surface area contributed by atoms with Crippen LogP contribution >= 0.6 is 11.6 Å². The standard InChI is InChI=1S/C18H19ClF2N4O/c19-17-4-1-12(8-22-17)9-23-18(26)24-10-13-5-6-25(11-13)14-2-3-15(20)16(21)7-14/h1-4,7-8,13H,5-6,9-11H2,(H2,23,24,26). The highest BCUT2D eigenvalue weighted by Crippen LogP contribution is 2.24. The molecule has 2 N–H and O–H groups in total. The molecule has 2 amide bonds. The maximum atomic E-state index is 13.4. The normalized spacial score (nSPS) is 16.6. The minimum atomic E-state index is -0.848. The number of benzene rings is 1. The van der Waals surface area contributed by atoms with E-state index in [0.29, 0.717) is 30.5 Å². The number of carbonyl (C=O) groups excluding carboxylic acids is 1. The van der Waals surface area contributed by atoms with Gasteiger partial charge in [-0.1, -0.05) is 17.7 Å². The largest absolute Gasteiger partial charge is 0.371 e. The van der Waals surface area contributed by atoms with E-state index >= 15 is 0 Å². The first-order valence-corrected chi connectivity index (χ1v) is 8.71. The monoisotopic (exact) mass is 380 g/mol. The SMILES string of the molecule is O=C(NCc1ccc(Cl)nc1)NCC1CCN(c2ccc(F)c(F)c2)C1. The van der Waals surface area contributed by atoms with Crippen molar-refractivity contribution in [2.75, 3.05) is 24.5 Å². The first kappa shape index (κ1) is 18.4. The van der Waals surface area contributed by atoms with Gasteiger partial charge in [0.15, 0.2) is 11.6 Å². The second-order valence-electron chi connectivity index (χ2n) is 6.25. The lowest BCUT2D eigenvalue weighted by molar-refractivity contribution is 0.239. The van der Waals surface area contributed by atoms with Gasteiger partial charge in [-0.05, 0) is 36.1 Å². The van der Waals surface area contributed by atoms with Crippen molar-refractivity contribution < 1.29 is 13.6 Å². The third kappa shape index (κ3) is 4.82. The molecular weight excluding hydrogens is 362 g/mol. The highest BCUT2D eigenvalue weighted by molar-refractivity contribution is 6.29. The number of nitrogens with zero attached hydrogens (tertiary/aromatic N) is 2. The van der Waals surface area contributed by atoms with Gasteiger partial charge < -0.3 is 15.5 Å².